The molecule has 33 heavy (non-hydrogen) atoms. The molecule has 0 spiro atoms. The van der Waals surface area contributed by atoms with E-state index in [2.05, 4.69) is 25.3 Å². The Hall–Kier alpha value is -2.35. The first-order valence-corrected chi connectivity index (χ1v) is 12.6. The molecule has 176 valence electrons. The summed E-state index contributed by atoms with van der Waals surface area (Å²) < 4.78 is 69.5. The summed E-state index contributed by atoms with van der Waals surface area (Å²) in [5, 5.41) is 13.9. The molecule has 13 heteroatoms. The van der Waals surface area contributed by atoms with E-state index in [1.54, 1.807) is 6.07 Å². The summed E-state index contributed by atoms with van der Waals surface area (Å²) in [4.78, 5) is 0.0347. The molecule has 2 aromatic heterocycles. The number of fused-ring (bicyclic) bond motifs is 1. The molecule has 1 aliphatic heterocycles. The standard InChI is InChI=1S/C20H21F3N6O2S2/c1-11-7-12(3-6-24-11)14-8-13(33(30,31)28-19(2)4-5-19)9-16-15(14)10-25-29(16)18-27-26-17(32-18)20(21,22)23/h3,8-11,24,28H,4-7H2,1-2H3. The van der Waals surface area contributed by atoms with Crippen LogP contribution in [-0.2, 0) is 16.2 Å². The molecule has 1 fully saturated rings. The quantitative estimate of drug-likeness (QED) is 0.559. The van der Waals surface area contributed by atoms with Crippen LogP contribution in [0.15, 0.2) is 29.3 Å². The molecule has 0 amide bonds. The second-order valence-corrected chi connectivity index (χ2v) is 11.4. The minimum absolute atomic E-state index is 0.0347. The zero-order valence-corrected chi connectivity index (χ0v) is 19.4. The van der Waals surface area contributed by atoms with Gasteiger partial charge in [-0.2, -0.15) is 18.3 Å². The predicted octanol–water partition coefficient (Wildman–Crippen LogP) is 3.49. The van der Waals surface area contributed by atoms with E-state index >= 15 is 0 Å². The minimum Gasteiger partial charge on any atom is -0.310 e. The first-order chi connectivity index (χ1) is 15.5. The highest BCUT2D eigenvalue weighted by molar-refractivity contribution is 7.89. The third-order valence-electron chi connectivity index (χ3n) is 5.88. The molecule has 1 aromatic carbocycles. The number of sulfonamides is 1. The van der Waals surface area contributed by atoms with E-state index in [0.29, 0.717) is 40.8 Å². The van der Waals surface area contributed by atoms with Gasteiger partial charge >= 0.3 is 6.18 Å². The molecule has 0 bridgehead atoms. The van der Waals surface area contributed by atoms with Crippen molar-refractivity contribution < 1.29 is 21.6 Å². The molecule has 3 aromatic rings. The third-order valence-corrected chi connectivity index (χ3v) is 8.44. The zero-order valence-electron chi connectivity index (χ0n) is 17.8. The van der Waals surface area contributed by atoms with Crippen LogP contribution in [0.3, 0.4) is 0 Å². The van der Waals surface area contributed by atoms with Crippen LogP contribution in [0, 0.1) is 0 Å². The van der Waals surface area contributed by atoms with Gasteiger partial charge in [0.2, 0.25) is 20.2 Å². The average Bonchev–Trinajstić information content (AvgIpc) is 3.13. The highest BCUT2D eigenvalue weighted by atomic mass is 32.2. The Morgan fingerprint density at radius 3 is 2.67 bits per heavy atom. The predicted molar refractivity (Wildman–Crippen MR) is 118 cm³/mol. The van der Waals surface area contributed by atoms with Crippen molar-refractivity contribution in [2.45, 2.75) is 55.8 Å². The molecule has 5 rings (SSSR count). The maximum atomic E-state index is 13.2. The van der Waals surface area contributed by atoms with E-state index < -0.39 is 26.7 Å². The molecular formula is C20H21F3N6O2S2. The van der Waals surface area contributed by atoms with Crippen LogP contribution in [0.1, 0.15) is 43.7 Å². The van der Waals surface area contributed by atoms with Crippen LogP contribution >= 0.6 is 11.3 Å². The molecule has 2 aliphatic rings. The number of alkyl halides is 3. The van der Waals surface area contributed by atoms with Gasteiger partial charge in [0.05, 0.1) is 16.6 Å². The molecule has 8 nitrogen and oxygen atoms in total. The SMILES string of the molecule is CC1CC(c2cc(S(=O)(=O)NC3(C)CC3)cc3c2cnn3-c2nnc(C(F)(F)F)s2)=CCN1. The topological polar surface area (TPSA) is 102 Å². The molecule has 2 N–H and O–H groups in total. The lowest BCUT2D eigenvalue weighted by molar-refractivity contribution is -0.138. The summed E-state index contributed by atoms with van der Waals surface area (Å²) in [6.45, 7) is 4.50. The van der Waals surface area contributed by atoms with Crippen LogP contribution in [0.4, 0.5) is 13.2 Å². The molecule has 1 atom stereocenters. The lowest BCUT2D eigenvalue weighted by Gasteiger charge is -2.22. The number of hydrogen-bond acceptors (Lipinski definition) is 7. The first kappa shape index (κ1) is 22.4. The largest absolute Gasteiger partial charge is 0.445 e. The highest BCUT2D eigenvalue weighted by Gasteiger charge is 2.41. The smallest absolute Gasteiger partial charge is 0.310 e. The number of benzene rings is 1. The van der Waals surface area contributed by atoms with Gasteiger partial charge in [0.15, 0.2) is 0 Å². The molecular weight excluding hydrogens is 477 g/mol. The van der Waals surface area contributed by atoms with Gasteiger partial charge < -0.3 is 5.32 Å². The fraction of sp³-hybridized carbons (Fsp3) is 0.450. The van der Waals surface area contributed by atoms with Crippen molar-refractivity contribution in [1.29, 1.82) is 0 Å². The van der Waals surface area contributed by atoms with E-state index in [0.717, 1.165) is 18.4 Å². The summed E-state index contributed by atoms with van der Waals surface area (Å²) in [6.07, 6.45) is 1.06. The van der Waals surface area contributed by atoms with Gasteiger partial charge in [0, 0.05) is 23.5 Å². The molecule has 0 saturated heterocycles. The second-order valence-electron chi connectivity index (χ2n) is 8.76. The Kier molecular flexibility index (Phi) is 5.16. The van der Waals surface area contributed by atoms with E-state index in [-0.39, 0.29) is 16.1 Å². The molecule has 1 aliphatic carbocycles. The summed E-state index contributed by atoms with van der Waals surface area (Å²) in [6, 6.07) is 3.24. The maximum absolute atomic E-state index is 13.2. The number of hydrogen-bond donors (Lipinski definition) is 2. The van der Waals surface area contributed by atoms with Gasteiger partial charge in [-0.15, -0.1) is 10.2 Å². The van der Waals surface area contributed by atoms with Crippen molar-refractivity contribution in [3.63, 3.8) is 0 Å². The van der Waals surface area contributed by atoms with E-state index in [4.69, 9.17) is 0 Å². The van der Waals surface area contributed by atoms with Crippen LogP contribution in [0.25, 0.3) is 21.6 Å². The Morgan fingerprint density at radius 2 is 2.03 bits per heavy atom. The number of rotatable bonds is 5. The lowest BCUT2D eigenvalue weighted by Crippen LogP contribution is -2.34. The molecule has 0 radical (unpaired) electrons. The van der Waals surface area contributed by atoms with Crippen molar-refractivity contribution in [2.24, 2.45) is 0 Å². The third kappa shape index (κ3) is 4.29. The lowest BCUT2D eigenvalue weighted by atomic mass is 9.94. The van der Waals surface area contributed by atoms with Crippen molar-refractivity contribution in [2.75, 3.05) is 6.54 Å². The summed E-state index contributed by atoms with van der Waals surface area (Å²) >= 11 is 0.351. The van der Waals surface area contributed by atoms with Gasteiger partial charge in [-0.3, -0.25) is 0 Å². The fourth-order valence-electron chi connectivity index (χ4n) is 3.85. The van der Waals surface area contributed by atoms with Crippen LogP contribution in [0.5, 0.6) is 0 Å². The first-order valence-electron chi connectivity index (χ1n) is 10.3. The van der Waals surface area contributed by atoms with E-state index in [1.165, 1.54) is 16.9 Å². The van der Waals surface area contributed by atoms with Gasteiger partial charge in [0.25, 0.3) is 0 Å². The van der Waals surface area contributed by atoms with E-state index in [9.17, 15) is 21.6 Å². The number of nitrogens with zero attached hydrogens (tertiary/aromatic N) is 4. The Labute approximate surface area is 191 Å². The summed E-state index contributed by atoms with van der Waals surface area (Å²) in [5.74, 6) is 0. The van der Waals surface area contributed by atoms with Gasteiger partial charge in [-0.1, -0.05) is 17.4 Å². The Morgan fingerprint density at radius 1 is 1.27 bits per heavy atom. The molecule has 3 heterocycles. The van der Waals surface area contributed by atoms with Crippen molar-refractivity contribution in [3.8, 4) is 5.13 Å². The minimum atomic E-state index is -4.63. The fourth-order valence-corrected chi connectivity index (χ4v) is 6.05. The van der Waals surface area contributed by atoms with E-state index in [1.807, 2.05) is 19.9 Å². The normalized spacial score (nSPS) is 20.8. The average molecular weight is 499 g/mol. The van der Waals surface area contributed by atoms with Gasteiger partial charge in [-0.05, 0) is 56.4 Å². The number of aromatic nitrogens is 4. The van der Waals surface area contributed by atoms with Crippen LogP contribution < -0.4 is 10.0 Å². The zero-order chi connectivity index (χ0) is 23.6. The maximum Gasteiger partial charge on any atom is 0.445 e. The number of halogens is 3. The van der Waals surface area contributed by atoms with Gasteiger partial charge in [-0.25, -0.2) is 17.8 Å². The monoisotopic (exact) mass is 498 g/mol. The highest BCUT2D eigenvalue weighted by Crippen LogP contribution is 2.38. The molecule has 1 unspecified atom stereocenters. The summed E-state index contributed by atoms with van der Waals surface area (Å²) in [5.41, 5.74) is 1.52. The second kappa shape index (κ2) is 7.58. The molecule has 1 saturated carbocycles. The van der Waals surface area contributed by atoms with Crippen molar-refractivity contribution in [3.05, 3.63) is 35.0 Å². The van der Waals surface area contributed by atoms with Gasteiger partial charge in [0.1, 0.15) is 0 Å². The van der Waals surface area contributed by atoms with Crippen molar-refractivity contribution >= 4 is 37.8 Å². The summed E-state index contributed by atoms with van der Waals surface area (Å²) in [7, 11) is -3.86. The number of nitrogens with one attached hydrogen (secondary N) is 2. The Bertz CT molecular complexity index is 1370. The van der Waals surface area contributed by atoms with Crippen molar-refractivity contribution in [1.82, 2.24) is 30.0 Å². The van der Waals surface area contributed by atoms with Crippen LogP contribution in [0.2, 0.25) is 0 Å². The Balaban J connectivity index is 1.69. The van der Waals surface area contributed by atoms with Crippen LogP contribution in [-0.4, -0.2) is 46.5 Å².